The zero-order valence-electron chi connectivity index (χ0n) is 17.7. The Morgan fingerprint density at radius 2 is 1.93 bits per heavy atom. The van der Waals surface area contributed by atoms with E-state index in [4.69, 9.17) is 9.72 Å². The SMILES string of the molecule is CCOC(=O)[C@H]1CC[C@H](NC(=O)N2CCC(c3nc4c(s3)CNCC4)CC2)CC1.Cl. The first-order valence-corrected chi connectivity index (χ1v) is 11.9. The second-order valence-electron chi connectivity index (χ2n) is 8.36. The summed E-state index contributed by atoms with van der Waals surface area (Å²) in [5.74, 6) is 0.395. The Hall–Kier alpha value is -1.38. The fraction of sp³-hybridized carbons (Fsp3) is 0.762. The largest absolute Gasteiger partial charge is 0.466 e. The van der Waals surface area contributed by atoms with Crippen LogP contribution in [0.25, 0.3) is 0 Å². The molecule has 3 aliphatic rings. The summed E-state index contributed by atoms with van der Waals surface area (Å²) in [4.78, 5) is 32.8. The standard InChI is InChI=1S/C21H32N4O3S.ClH/c1-2-28-20(26)15-3-5-16(6-4-15)23-21(27)25-11-8-14(9-12-25)19-24-17-7-10-22-13-18(17)29-19;/h14-16,22H,2-13H2,1H3,(H,23,27);1H/t15-,16-;. The highest BCUT2D eigenvalue weighted by Crippen LogP contribution is 2.34. The molecule has 1 aromatic rings. The quantitative estimate of drug-likeness (QED) is 0.679. The Morgan fingerprint density at radius 1 is 1.20 bits per heavy atom. The summed E-state index contributed by atoms with van der Waals surface area (Å²) in [7, 11) is 0. The smallest absolute Gasteiger partial charge is 0.317 e. The molecular formula is C21H33ClN4O3S. The number of halogens is 1. The number of likely N-dealkylation sites (tertiary alicyclic amines) is 1. The number of nitrogens with zero attached hydrogens (tertiary/aromatic N) is 2. The van der Waals surface area contributed by atoms with Crippen LogP contribution < -0.4 is 10.6 Å². The predicted octanol–water partition coefficient (Wildman–Crippen LogP) is 3.22. The highest BCUT2D eigenvalue weighted by Gasteiger charge is 2.31. The molecule has 2 aliphatic heterocycles. The molecule has 1 saturated carbocycles. The van der Waals surface area contributed by atoms with E-state index in [0.29, 0.717) is 12.5 Å². The van der Waals surface area contributed by atoms with Gasteiger partial charge < -0.3 is 20.3 Å². The Morgan fingerprint density at radius 3 is 2.60 bits per heavy atom. The van der Waals surface area contributed by atoms with Crippen molar-refractivity contribution in [2.24, 2.45) is 5.92 Å². The van der Waals surface area contributed by atoms with Crippen LogP contribution in [0.1, 0.15) is 66.9 Å². The van der Waals surface area contributed by atoms with Gasteiger partial charge in [0.15, 0.2) is 0 Å². The van der Waals surface area contributed by atoms with Crippen molar-refractivity contribution in [3.63, 3.8) is 0 Å². The van der Waals surface area contributed by atoms with Crippen LogP contribution >= 0.6 is 23.7 Å². The lowest BCUT2D eigenvalue weighted by Gasteiger charge is -2.34. The first-order valence-electron chi connectivity index (χ1n) is 11.0. The lowest BCUT2D eigenvalue weighted by Crippen LogP contribution is -2.48. The molecule has 7 nitrogen and oxygen atoms in total. The van der Waals surface area contributed by atoms with Crippen LogP contribution in [0.5, 0.6) is 0 Å². The molecule has 0 spiro atoms. The number of piperidine rings is 1. The minimum Gasteiger partial charge on any atom is -0.466 e. The van der Waals surface area contributed by atoms with Crippen LogP contribution in [0.15, 0.2) is 0 Å². The number of carbonyl (C=O) groups is 2. The van der Waals surface area contributed by atoms with Gasteiger partial charge in [-0.05, 0) is 45.4 Å². The Kier molecular flexibility index (Phi) is 8.36. The molecule has 0 unspecified atom stereocenters. The summed E-state index contributed by atoms with van der Waals surface area (Å²) in [5, 5.41) is 7.86. The van der Waals surface area contributed by atoms with E-state index >= 15 is 0 Å². The third-order valence-corrected chi connectivity index (χ3v) is 7.69. The molecular weight excluding hydrogens is 424 g/mol. The minimum atomic E-state index is -0.0843. The molecule has 0 atom stereocenters. The van der Waals surface area contributed by atoms with E-state index in [2.05, 4.69) is 10.6 Å². The molecule has 2 fully saturated rings. The number of nitrogens with one attached hydrogen (secondary N) is 2. The first kappa shape index (κ1) is 23.3. The number of aromatic nitrogens is 1. The molecule has 2 N–H and O–H groups in total. The van der Waals surface area contributed by atoms with Crippen LogP contribution in [0.2, 0.25) is 0 Å². The average Bonchev–Trinajstić information content (AvgIpc) is 3.19. The normalized spacial score (nSPS) is 24.5. The number of thiazole rings is 1. The topological polar surface area (TPSA) is 83.6 Å². The maximum Gasteiger partial charge on any atom is 0.317 e. The summed E-state index contributed by atoms with van der Waals surface area (Å²) >= 11 is 1.86. The zero-order valence-corrected chi connectivity index (χ0v) is 19.3. The molecule has 3 heterocycles. The summed E-state index contributed by atoms with van der Waals surface area (Å²) in [6.45, 7) is 5.83. The lowest BCUT2D eigenvalue weighted by molar-refractivity contribution is -0.149. The molecule has 1 aromatic heterocycles. The Bertz CT molecular complexity index is 704. The van der Waals surface area contributed by atoms with Gasteiger partial charge in [0.25, 0.3) is 0 Å². The Balaban J connectivity index is 0.00000256. The van der Waals surface area contributed by atoms with E-state index in [1.807, 2.05) is 23.2 Å². The molecule has 1 saturated heterocycles. The molecule has 0 aromatic carbocycles. The number of urea groups is 1. The van der Waals surface area contributed by atoms with Gasteiger partial charge in [-0.2, -0.15) is 0 Å². The molecule has 9 heteroatoms. The molecule has 2 amide bonds. The van der Waals surface area contributed by atoms with Crippen molar-refractivity contribution < 1.29 is 14.3 Å². The highest BCUT2D eigenvalue weighted by atomic mass is 35.5. The summed E-state index contributed by atoms with van der Waals surface area (Å²) in [6, 6.07) is 0.217. The first-order chi connectivity index (χ1) is 14.1. The van der Waals surface area contributed by atoms with Crippen LogP contribution in [-0.4, -0.2) is 54.2 Å². The van der Waals surface area contributed by atoms with Gasteiger partial charge in [0.2, 0.25) is 0 Å². The number of rotatable bonds is 4. The van der Waals surface area contributed by atoms with E-state index in [9.17, 15) is 9.59 Å². The summed E-state index contributed by atoms with van der Waals surface area (Å²) in [6.07, 6.45) is 6.32. The van der Waals surface area contributed by atoms with Crippen LogP contribution in [0.4, 0.5) is 4.79 Å². The number of fused-ring (bicyclic) bond motifs is 1. The second-order valence-corrected chi connectivity index (χ2v) is 9.48. The van der Waals surface area contributed by atoms with Crippen LogP contribution in [-0.2, 0) is 22.5 Å². The maximum absolute atomic E-state index is 12.7. The minimum absolute atomic E-state index is 0. The third-order valence-electron chi connectivity index (χ3n) is 6.43. The Labute approximate surface area is 188 Å². The molecule has 0 bridgehead atoms. The van der Waals surface area contributed by atoms with Crippen molar-refractivity contribution in [3.05, 3.63) is 15.6 Å². The molecule has 4 rings (SSSR count). The van der Waals surface area contributed by atoms with E-state index in [-0.39, 0.29) is 36.4 Å². The predicted molar refractivity (Wildman–Crippen MR) is 119 cm³/mol. The number of hydrogen-bond acceptors (Lipinski definition) is 6. The number of carbonyl (C=O) groups excluding carboxylic acids is 2. The van der Waals surface area contributed by atoms with Gasteiger partial charge >= 0.3 is 12.0 Å². The van der Waals surface area contributed by atoms with Crippen molar-refractivity contribution >= 4 is 35.7 Å². The van der Waals surface area contributed by atoms with Gasteiger partial charge in [-0.15, -0.1) is 23.7 Å². The van der Waals surface area contributed by atoms with Gasteiger partial charge in [-0.25, -0.2) is 9.78 Å². The van der Waals surface area contributed by atoms with Gasteiger partial charge in [-0.3, -0.25) is 4.79 Å². The fourth-order valence-corrected chi connectivity index (χ4v) is 5.90. The molecule has 1 aliphatic carbocycles. The maximum atomic E-state index is 12.7. The molecule has 0 radical (unpaired) electrons. The second kappa shape index (κ2) is 10.8. The number of amides is 2. The number of ether oxygens (including phenoxy) is 1. The van der Waals surface area contributed by atoms with Gasteiger partial charge in [0.1, 0.15) is 0 Å². The van der Waals surface area contributed by atoms with E-state index in [0.717, 1.165) is 71.1 Å². The summed E-state index contributed by atoms with van der Waals surface area (Å²) in [5.41, 5.74) is 1.28. The monoisotopic (exact) mass is 456 g/mol. The number of hydrogen-bond donors (Lipinski definition) is 2. The third kappa shape index (κ3) is 5.45. The lowest BCUT2D eigenvalue weighted by atomic mass is 9.86. The van der Waals surface area contributed by atoms with Gasteiger partial charge in [-0.1, -0.05) is 0 Å². The van der Waals surface area contributed by atoms with E-state index < -0.39 is 0 Å². The van der Waals surface area contributed by atoms with Crippen molar-refractivity contribution in [2.75, 3.05) is 26.2 Å². The molecule has 30 heavy (non-hydrogen) atoms. The zero-order chi connectivity index (χ0) is 20.2. The van der Waals surface area contributed by atoms with Crippen molar-refractivity contribution in [3.8, 4) is 0 Å². The average molecular weight is 457 g/mol. The van der Waals surface area contributed by atoms with Crippen LogP contribution in [0, 0.1) is 5.92 Å². The van der Waals surface area contributed by atoms with Gasteiger partial charge in [0.05, 0.1) is 23.2 Å². The van der Waals surface area contributed by atoms with Crippen molar-refractivity contribution in [1.82, 2.24) is 20.5 Å². The fourth-order valence-electron chi connectivity index (χ4n) is 4.65. The highest BCUT2D eigenvalue weighted by molar-refractivity contribution is 7.11. The van der Waals surface area contributed by atoms with E-state index in [1.54, 1.807) is 0 Å². The van der Waals surface area contributed by atoms with Crippen molar-refractivity contribution in [1.29, 1.82) is 0 Å². The van der Waals surface area contributed by atoms with Crippen LogP contribution in [0.3, 0.4) is 0 Å². The van der Waals surface area contributed by atoms with Gasteiger partial charge in [0, 0.05) is 49.4 Å². The van der Waals surface area contributed by atoms with Crippen molar-refractivity contribution in [2.45, 2.75) is 70.4 Å². The number of esters is 1. The summed E-state index contributed by atoms with van der Waals surface area (Å²) < 4.78 is 5.12. The van der Waals surface area contributed by atoms with E-state index in [1.165, 1.54) is 15.6 Å². The molecule has 168 valence electrons.